The predicted octanol–water partition coefficient (Wildman–Crippen LogP) is 5.70. The van der Waals surface area contributed by atoms with Gasteiger partial charge in [0.2, 0.25) is 0 Å². The lowest BCUT2D eigenvalue weighted by atomic mass is 9.95. The maximum atomic E-state index is 13.1. The van der Waals surface area contributed by atoms with Crippen molar-refractivity contribution < 1.29 is 19.4 Å². The van der Waals surface area contributed by atoms with Crippen LogP contribution in [0.25, 0.3) is 5.76 Å². The number of carbonyl (C=O) groups excluding carboxylic acids is 2. The van der Waals surface area contributed by atoms with E-state index in [1.54, 1.807) is 42.5 Å². The molecule has 2 aromatic carbocycles. The molecule has 1 N–H and O–H groups in total. The number of hydrogen-bond donors (Lipinski definition) is 1. The van der Waals surface area contributed by atoms with Crippen molar-refractivity contribution in [3.05, 3.63) is 79.8 Å². The molecule has 6 nitrogen and oxygen atoms in total. The predicted molar refractivity (Wildman–Crippen MR) is 126 cm³/mol. The van der Waals surface area contributed by atoms with Gasteiger partial charge >= 0.3 is 5.91 Å². The highest BCUT2D eigenvalue weighted by Gasteiger charge is 2.48. The van der Waals surface area contributed by atoms with Gasteiger partial charge in [-0.05, 0) is 55.8 Å². The summed E-state index contributed by atoms with van der Waals surface area (Å²) < 4.78 is 5.15. The van der Waals surface area contributed by atoms with E-state index in [1.807, 2.05) is 13.8 Å². The lowest BCUT2D eigenvalue weighted by molar-refractivity contribution is -0.132. The summed E-state index contributed by atoms with van der Waals surface area (Å²) in [6.07, 6.45) is 0. The highest BCUT2D eigenvalue weighted by atomic mass is 35.5. The number of anilines is 1. The van der Waals surface area contributed by atoms with Crippen LogP contribution in [0.5, 0.6) is 5.75 Å². The van der Waals surface area contributed by atoms with E-state index in [-0.39, 0.29) is 16.4 Å². The van der Waals surface area contributed by atoms with Crippen LogP contribution in [0.15, 0.2) is 48.0 Å². The summed E-state index contributed by atoms with van der Waals surface area (Å²) in [6, 6.07) is 10.5. The molecule has 3 aromatic rings. The molecule has 1 aromatic heterocycles. The van der Waals surface area contributed by atoms with E-state index in [1.165, 1.54) is 23.3 Å². The minimum Gasteiger partial charge on any atom is -0.507 e. The molecule has 1 atom stereocenters. The summed E-state index contributed by atoms with van der Waals surface area (Å²) in [4.78, 5) is 33.0. The molecule has 1 amide bonds. The minimum atomic E-state index is -0.920. The fraction of sp³-hybridized carbons (Fsp3) is 0.174. The van der Waals surface area contributed by atoms with Crippen LogP contribution >= 0.6 is 34.5 Å². The summed E-state index contributed by atoms with van der Waals surface area (Å²) in [5.74, 6) is -1.28. The Morgan fingerprint density at radius 3 is 2.34 bits per heavy atom. The Labute approximate surface area is 198 Å². The zero-order valence-electron chi connectivity index (χ0n) is 17.3. The number of ether oxygens (including phenoxy) is 1. The zero-order chi connectivity index (χ0) is 23.2. The minimum absolute atomic E-state index is 0.0518. The standard InChI is InChI=1S/C23H18Cl2N2O4S/c1-11-12(2)32-23(26-11)27-19(14-6-9-16(24)17(25)10-14)18(21(29)22(27)30)20(28)13-4-7-15(31-3)8-5-13/h4-10,19,28H,1-3H3/t19-/m1/s1. The molecule has 32 heavy (non-hydrogen) atoms. The van der Waals surface area contributed by atoms with Gasteiger partial charge in [0.1, 0.15) is 11.5 Å². The van der Waals surface area contributed by atoms with Crippen LogP contribution in [-0.2, 0) is 9.59 Å². The third kappa shape index (κ3) is 3.77. The number of Topliss-reactive ketones (excluding diaryl/α,β-unsaturated/α-hetero) is 1. The highest BCUT2D eigenvalue weighted by molar-refractivity contribution is 7.16. The van der Waals surface area contributed by atoms with Crippen molar-refractivity contribution in [1.29, 1.82) is 0 Å². The lowest BCUT2D eigenvalue weighted by Crippen LogP contribution is -2.29. The van der Waals surface area contributed by atoms with Crippen LogP contribution in [0.1, 0.15) is 27.7 Å². The van der Waals surface area contributed by atoms with Gasteiger partial charge in [0.25, 0.3) is 5.78 Å². The number of aliphatic hydroxyl groups is 1. The molecule has 1 aliphatic rings. The van der Waals surface area contributed by atoms with Gasteiger partial charge in [-0.25, -0.2) is 4.98 Å². The number of thiazole rings is 1. The summed E-state index contributed by atoms with van der Waals surface area (Å²) in [6.45, 7) is 3.72. The molecule has 1 aliphatic heterocycles. The monoisotopic (exact) mass is 488 g/mol. The maximum absolute atomic E-state index is 13.1. The number of ketones is 1. The Hall–Kier alpha value is -2.87. The highest BCUT2D eigenvalue weighted by Crippen LogP contribution is 2.44. The summed E-state index contributed by atoms with van der Waals surface area (Å²) in [5.41, 5.74) is 1.61. The van der Waals surface area contributed by atoms with E-state index >= 15 is 0 Å². The van der Waals surface area contributed by atoms with E-state index in [0.29, 0.717) is 27.0 Å². The second kappa shape index (κ2) is 8.58. The molecular formula is C23H18Cl2N2O4S. The molecule has 9 heteroatoms. The van der Waals surface area contributed by atoms with Crippen LogP contribution in [0, 0.1) is 13.8 Å². The molecule has 0 saturated carbocycles. The number of carbonyl (C=O) groups is 2. The number of halogens is 2. The fourth-order valence-electron chi connectivity index (χ4n) is 3.49. The number of rotatable bonds is 4. The van der Waals surface area contributed by atoms with Crippen molar-refractivity contribution in [3.8, 4) is 5.75 Å². The molecule has 1 fully saturated rings. The Morgan fingerprint density at radius 2 is 1.78 bits per heavy atom. The first-order valence-corrected chi connectivity index (χ1v) is 11.1. The zero-order valence-corrected chi connectivity index (χ0v) is 19.7. The maximum Gasteiger partial charge on any atom is 0.301 e. The molecule has 0 radical (unpaired) electrons. The second-order valence-corrected chi connectivity index (χ2v) is 9.21. The van der Waals surface area contributed by atoms with E-state index in [0.717, 1.165) is 10.6 Å². The Bertz CT molecular complexity index is 1250. The molecule has 0 unspecified atom stereocenters. The largest absolute Gasteiger partial charge is 0.507 e. The number of aryl methyl sites for hydroxylation is 2. The van der Waals surface area contributed by atoms with Crippen molar-refractivity contribution in [2.45, 2.75) is 19.9 Å². The van der Waals surface area contributed by atoms with E-state index < -0.39 is 17.7 Å². The average molecular weight is 489 g/mol. The van der Waals surface area contributed by atoms with Crippen molar-refractivity contribution in [2.75, 3.05) is 12.0 Å². The van der Waals surface area contributed by atoms with Gasteiger partial charge in [0, 0.05) is 10.4 Å². The Balaban J connectivity index is 1.94. The first-order chi connectivity index (χ1) is 15.2. The van der Waals surface area contributed by atoms with Gasteiger partial charge < -0.3 is 9.84 Å². The van der Waals surface area contributed by atoms with Gasteiger partial charge in [-0.2, -0.15) is 0 Å². The van der Waals surface area contributed by atoms with Crippen molar-refractivity contribution in [1.82, 2.24) is 4.98 Å². The Kier molecular flexibility index (Phi) is 5.99. The van der Waals surface area contributed by atoms with Crippen molar-refractivity contribution in [3.63, 3.8) is 0 Å². The number of amides is 1. The molecule has 0 bridgehead atoms. The number of nitrogens with zero attached hydrogens (tertiary/aromatic N) is 2. The third-order valence-corrected chi connectivity index (χ3v) is 7.10. The summed E-state index contributed by atoms with van der Waals surface area (Å²) in [5, 5.41) is 12.1. The van der Waals surface area contributed by atoms with E-state index in [4.69, 9.17) is 27.9 Å². The molecule has 2 heterocycles. The lowest BCUT2D eigenvalue weighted by Gasteiger charge is -2.23. The second-order valence-electron chi connectivity index (χ2n) is 7.21. The fourth-order valence-corrected chi connectivity index (χ4v) is 4.73. The number of methoxy groups -OCH3 is 1. The summed E-state index contributed by atoms with van der Waals surface area (Å²) in [7, 11) is 1.53. The third-order valence-electron chi connectivity index (χ3n) is 5.29. The Morgan fingerprint density at radius 1 is 1.09 bits per heavy atom. The van der Waals surface area contributed by atoms with Crippen LogP contribution in [-0.4, -0.2) is 28.9 Å². The molecule has 1 saturated heterocycles. The number of hydrogen-bond acceptors (Lipinski definition) is 6. The van der Waals surface area contributed by atoms with Gasteiger partial charge in [-0.1, -0.05) is 29.3 Å². The van der Waals surface area contributed by atoms with Crippen LogP contribution in [0.4, 0.5) is 5.13 Å². The van der Waals surface area contributed by atoms with Crippen LogP contribution in [0.2, 0.25) is 10.0 Å². The summed E-state index contributed by atoms with van der Waals surface area (Å²) >= 11 is 13.6. The molecule has 0 aliphatic carbocycles. The van der Waals surface area contributed by atoms with Crippen LogP contribution < -0.4 is 9.64 Å². The molecule has 0 spiro atoms. The number of aromatic nitrogens is 1. The number of aliphatic hydroxyl groups excluding tert-OH is 1. The smallest absolute Gasteiger partial charge is 0.301 e. The van der Waals surface area contributed by atoms with Crippen molar-refractivity contribution >= 4 is 57.1 Å². The van der Waals surface area contributed by atoms with Gasteiger partial charge in [0.05, 0.1) is 34.5 Å². The molecular weight excluding hydrogens is 471 g/mol. The van der Waals surface area contributed by atoms with E-state index in [9.17, 15) is 14.7 Å². The first kappa shape index (κ1) is 22.3. The van der Waals surface area contributed by atoms with Gasteiger partial charge in [-0.3, -0.25) is 14.5 Å². The SMILES string of the molecule is COc1ccc(C(O)=C2C(=O)C(=O)N(c3nc(C)c(C)s3)[C@@H]2c2ccc(Cl)c(Cl)c2)cc1. The molecule has 4 rings (SSSR count). The molecule has 164 valence electrons. The normalized spacial score (nSPS) is 17.8. The van der Waals surface area contributed by atoms with E-state index in [2.05, 4.69) is 4.98 Å². The topological polar surface area (TPSA) is 79.7 Å². The van der Waals surface area contributed by atoms with Crippen LogP contribution in [0.3, 0.4) is 0 Å². The van der Waals surface area contributed by atoms with Gasteiger partial charge in [0.15, 0.2) is 5.13 Å². The number of benzene rings is 2. The first-order valence-electron chi connectivity index (χ1n) is 9.57. The van der Waals surface area contributed by atoms with Crippen molar-refractivity contribution in [2.24, 2.45) is 0 Å². The average Bonchev–Trinajstić information content (AvgIpc) is 3.25. The van der Waals surface area contributed by atoms with Gasteiger partial charge in [-0.15, -0.1) is 11.3 Å². The quantitative estimate of drug-likeness (QED) is 0.289.